The molecule has 4 rings (SSSR count). The Morgan fingerprint density at radius 3 is 2.92 bits per heavy atom. The van der Waals surface area contributed by atoms with Crippen LogP contribution in [0, 0.1) is 0 Å². The monoisotopic (exact) mass is 325 g/mol. The third kappa shape index (κ3) is 2.49. The molecule has 1 fully saturated rings. The number of hydrogen-bond acceptors (Lipinski definition) is 4. The summed E-state index contributed by atoms with van der Waals surface area (Å²) in [5.74, 6) is 0.197. The Morgan fingerprint density at radius 1 is 1.29 bits per heavy atom. The molecule has 0 bridgehead atoms. The third-order valence-corrected chi connectivity index (χ3v) is 4.71. The Bertz CT molecular complexity index is 798. The van der Waals surface area contributed by atoms with Crippen molar-refractivity contribution in [1.82, 2.24) is 4.90 Å². The fourth-order valence-corrected chi connectivity index (χ4v) is 3.42. The minimum Gasteiger partial charge on any atom is -0.459 e. The minimum atomic E-state index is -0.150. The van der Waals surface area contributed by atoms with Gasteiger partial charge in [-0.15, -0.1) is 0 Å². The van der Waals surface area contributed by atoms with E-state index in [4.69, 9.17) is 10.2 Å². The van der Waals surface area contributed by atoms with Crippen LogP contribution < -0.4 is 10.6 Å². The van der Waals surface area contributed by atoms with Crippen molar-refractivity contribution >= 4 is 17.5 Å². The average Bonchev–Trinajstić information content (AvgIpc) is 3.27. The van der Waals surface area contributed by atoms with Gasteiger partial charge in [-0.3, -0.25) is 9.59 Å². The first kappa shape index (κ1) is 15.0. The van der Waals surface area contributed by atoms with Crippen LogP contribution in [0.5, 0.6) is 0 Å². The second kappa shape index (κ2) is 5.79. The molecule has 0 radical (unpaired) electrons. The number of rotatable bonds is 3. The zero-order chi connectivity index (χ0) is 16.7. The highest BCUT2D eigenvalue weighted by molar-refractivity contribution is 6.01. The molecule has 3 heterocycles. The molecule has 0 aliphatic carbocycles. The van der Waals surface area contributed by atoms with Crippen LogP contribution in [0.3, 0.4) is 0 Å². The molecule has 1 aromatic heterocycles. The standard InChI is InChI=1S/C18H19N3O3/c19-14-5-7-20(11-14)18(23)17-13(6-8-24-17)10-21-15-4-2-1-3-12(15)9-16(21)22/h1-4,6,8,14H,5,7,9-11,19H2/t14-/m1/s1. The predicted octanol–water partition coefficient (Wildman–Crippen LogP) is 1.54. The van der Waals surface area contributed by atoms with Crippen LogP contribution in [-0.4, -0.2) is 35.8 Å². The van der Waals surface area contributed by atoms with E-state index in [-0.39, 0.29) is 17.9 Å². The largest absolute Gasteiger partial charge is 0.459 e. The molecule has 2 amide bonds. The van der Waals surface area contributed by atoms with Gasteiger partial charge in [-0.1, -0.05) is 18.2 Å². The van der Waals surface area contributed by atoms with Crippen LogP contribution in [-0.2, 0) is 17.8 Å². The van der Waals surface area contributed by atoms with Gasteiger partial charge in [0.15, 0.2) is 5.76 Å². The zero-order valence-corrected chi connectivity index (χ0v) is 13.3. The van der Waals surface area contributed by atoms with Crippen LogP contribution in [0.2, 0.25) is 0 Å². The van der Waals surface area contributed by atoms with Crippen molar-refractivity contribution in [2.75, 3.05) is 18.0 Å². The van der Waals surface area contributed by atoms with Crippen LogP contribution in [0.1, 0.15) is 28.1 Å². The van der Waals surface area contributed by atoms with E-state index in [1.54, 1.807) is 15.9 Å². The first-order chi connectivity index (χ1) is 11.6. The van der Waals surface area contributed by atoms with Crippen molar-refractivity contribution in [3.05, 3.63) is 53.5 Å². The number of anilines is 1. The van der Waals surface area contributed by atoms with Crippen molar-refractivity contribution < 1.29 is 14.0 Å². The summed E-state index contributed by atoms with van der Waals surface area (Å²) < 4.78 is 5.44. The van der Waals surface area contributed by atoms with Crippen LogP contribution in [0.25, 0.3) is 0 Å². The molecule has 0 saturated carbocycles. The van der Waals surface area contributed by atoms with Gasteiger partial charge in [0.2, 0.25) is 5.91 Å². The summed E-state index contributed by atoms with van der Waals surface area (Å²) in [6.45, 7) is 1.53. The van der Waals surface area contributed by atoms with E-state index in [1.165, 1.54) is 6.26 Å². The van der Waals surface area contributed by atoms with E-state index in [9.17, 15) is 9.59 Å². The number of nitrogens with two attached hydrogens (primary N) is 1. The van der Waals surface area contributed by atoms with Crippen molar-refractivity contribution in [3.63, 3.8) is 0 Å². The van der Waals surface area contributed by atoms with Gasteiger partial charge >= 0.3 is 0 Å². The average molecular weight is 325 g/mol. The first-order valence-corrected chi connectivity index (χ1v) is 8.13. The highest BCUT2D eigenvalue weighted by Crippen LogP contribution is 2.31. The summed E-state index contributed by atoms with van der Waals surface area (Å²) in [4.78, 5) is 28.4. The van der Waals surface area contributed by atoms with Crippen molar-refractivity contribution in [2.24, 2.45) is 5.73 Å². The molecule has 6 nitrogen and oxygen atoms in total. The highest BCUT2D eigenvalue weighted by atomic mass is 16.3. The SMILES string of the molecule is N[C@@H]1CCN(C(=O)c2occc2CN2C(=O)Cc3ccccc32)C1. The maximum absolute atomic E-state index is 12.6. The van der Waals surface area contributed by atoms with Gasteiger partial charge in [0, 0.05) is 30.4 Å². The predicted molar refractivity (Wildman–Crippen MR) is 88.5 cm³/mol. The van der Waals surface area contributed by atoms with Crippen LogP contribution in [0.15, 0.2) is 41.0 Å². The Morgan fingerprint density at radius 2 is 2.12 bits per heavy atom. The zero-order valence-electron chi connectivity index (χ0n) is 13.3. The summed E-state index contributed by atoms with van der Waals surface area (Å²) in [5.41, 5.74) is 8.53. The second-order valence-corrected chi connectivity index (χ2v) is 6.36. The van der Waals surface area contributed by atoms with Crippen molar-refractivity contribution in [1.29, 1.82) is 0 Å². The number of carbonyl (C=O) groups excluding carboxylic acids is 2. The molecule has 2 aliphatic heterocycles. The molecule has 2 aromatic rings. The lowest BCUT2D eigenvalue weighted by Gasteiger charge is -2.19. The Hall–Kier alpha value is -2.60. The number of para-hydroxylation sites is 1. The fourth-order valence-electron chi connectivity index (χ4n) is 3.42. The number of nitrogens with zero attached hydrogens (tertiary/aromatic N) is 2. The summed E-state index contributed by atoms with van der Waals surface area (Å²) in [6, 6.07) is 9.52. The molecular formula is C18H19N3O3. The van der Waals surface area contributed by atoms with E-state index < -0.39 is 0 Å². The lowest BCUT2D eigenvalue weighted by Crippen LogP contribution is -2.33. The van der Waals surface area contributed by atoms with Crippen molar-refractivity contribution in [3.8, 4) is 0 Å². The Kier molecular flexibility index (Phi) is 3.61. The number of amides is 2. The van der Waals surface area contributed by atoms with Gasteiger partial charge in [-0.2, -0.15) is 0 Å². The van der Waals surface area contributed by atoms with E-state index in [2.05, 4.69) is 0 Å². The van der Waals surface area contributed by atoms with E-state index in [0.717, 1.165) is 23.2 Å². The van der Waals surface area contributed by atoms with E-state index in [0.29, 0.717) is 31.8 Å². The number of fused-ring (bicyclic) bond motifs is 1. The van der Waals surface area contributed by atoms with Gasteiger partial charge in [0.05, 0.1) is 19.2 Å². The molecule has 24 heavy (non-hydrogen) atoms. The summed E-state index contributed by atoms with van der Waals surface area (Å²) in [7, 11) is 0. The lowest BCUT2D eigenvalue weighted by atomic mass is 10.1. The smallest absolute Gasteiger partial charge is 0.289 e. The summed E-state index contributed by atoms with van der Waals surface area (Å²) in [5, 5.41) is 0. The Balaban J connectivity index is 1.58. The molecule has 2 N–H and O–H groups in total. The molecular weight excluding hydrogens is 306 g/mol. The maximum atomic E-state index is 12.6. The molecule has 1 aromatic carbocycles. The molecule has 2 aliphatic rings. The highest BCUT2D eigenvalue weighted by Gasteiger charge is 2.31. The minimum absolute atomic E-state index is 0.0272. The maximum Gasteiger partial charge on any atom is 0.289 e. The normalized spacial score (nSPS) is 19.9. The molecule has 0 unspecified atom stereocenters. The van der Waals surface area contributed by atoms with Crippen LogP contribution >= 0.6 is 0 Å². The number of likely N-dealkylation sites (tertiary alicyclic amines) is 1. The topological polar surface area (TPSA) is 79.8 Å². The van der Waals surface area contributed by atoms with Gasteiger partial charge in [0.25, 0.3) is 5.91 Å². The van der Waals surface area contributed by atoms with Crippen LogP contribution in [0.4, 0.5) is 5.69 Å². The van der Waals surface area contributed by atoms with Gasteiger partial charge in [-0.25, -0.2) is 0 Å². The number of carbonyl (C=O) groups is 2. The lowest BCUT2D eigenvalue weighted by molar-refractivity contribution is -0.117. The quantitative estimate of drug-likeness (QED) is 0.928. The molecule has 1 saturated heterocycles. The fraction of sp³-hybridized carbons (Fsp3) is 0.333. The molecule has 0 spiro atoms. The number of benzene rings is 1. The molecule has 6 heteroatoms. The van der Waals surface area contributed by atoms with Gasteiger partial charge in [0.1, 0.15) is 0 Å². The third-order valence-electron chi connectivity index (χ3n) is 4.71. The molecule has 124 valence electrons. The van der Waals surface area contributed by atoms with E-state index in [1.807, 2.05) is 24.3 Å². The summed E-state index contributed by atoms with van der Waals surface area (Å²) in [6.07, 6.45) is 2.71. The first-order valence-electron chi connectivity index (χ1n) is 8.13. The second-order valence-electron chi connectivity index (χ2n) is 6.36. The Labute approximate surface area is 139 Å². The van der Waals surface area contributed by atoms with Gasteiger partial charge in [-0.05, 0) is 24.1 Å². The number of hydrogen-bond donors (Lipinski definition) is 1. The molecule has 1 atom stereocenters. The van der Waals surface area contributed by atoms with E-state index >= 15 is 0 Å². The summed E-state index contributed by atoms with van der Waals surface area (Å²) >= 11 is 0. The van der Waals surface area contributed by atoms with Crippen molar-refractivity contribution in [2.45, 2.75) is 25.4 Å². The van der Waals surface area contributed by atoms with Gasteiger partial charge < -0.3 is 20.0 Å². The number of furan rings is 1.